The van der Waals surface area contributed by atoms with E-state index in [9.17, 15) is 4.79 Å². The van der Waals surface area contributed by atoms with Crippen molar-refractivity contribution in [3.8, 4) is 0 Å². The van der Waals surface area contributed by atoms with Crippen LogP contribution in [-0.2, 0) is 11.2 Å². The molecule has 1 aromatic rings. The Morgan fingerprint density at radius 2 is 2.44 bits per heavy atom. The fourth-order valence-corrected chi connectivity index (χ4v) is 1.79. The third kappa shape index (κ3) is 3.36. The van der Waals surface area contributed by atoms with E-state index in [1.165, 1.54) is 18.4 Å². The summed E-state index contributed by atoms with van der Waals surface area (Å²) in [5, 5.41) is 9.85. The van der Waals surface area contributed by atoms with Crippen LogP contribution in [0.1, 0.15) is 36.9 Å². The van der Waals surface area contributed by atoms with Gasteiger partial charge < -0.3 is 5.32 Å². The molecule has 0 radical (unpaired) electrons. The van der Waals surface area contributed by atoms with Crippen molar-refractivity contribution in [2.45, 2.75) is 39.0 Å². The van der Waals surface area contributed by atoms with Crippen LogP contribution in [0.4, 0.5) is 0 Å². The lowest BCUT2D eigenvalue weighted by Gasteiger charge is -2.04. The van der Waals surface area contributed by atoms with Crippen molar-refractivity contribution in [3.05, 3.63) is 17.5 Å². The van der Waals surface area contributed by atoms with Crippen LogP contribution in [-0.4, -0.2) is 22.6 Å². The number of aromatic amines is 1. The SMILES string of the molecule is Cc1[nH]ncc1CCCNC(=O)CC1CC1. The van der Waals surface area contributed by atoms with E-state index in [0.717, 1.165) is 31.5 Å². The second-order valence-corrected chi connectivity index (χ2v) is 4.62. The average Bonchev–Trinajstić information content (AvgIpc) is 2.96. The number of aromatic nitrogens is 2. The van der Waals surface area contributed by atoms with Gasteiger partial charge in [-0.3, -0.25) is 9.89 Å². The van der Waals surface area contributed by atoms with Crippen molar-refractivity contribution in [2.75, 3.05) is 6.54 Å². The number of carbonyl (C=O) groups excluding carboxylic acids is 1. The van der Waals surface area contributed by atoms with Crippen molar-refractivity contribution < 1.29 is 4.79 Å². The Kier molecular flexibility index (Phi) is 3.59. The minimum Gasteiger partial charge on any atom is -0.356 e. The molecule has 0 aromatic carbocycles. The van der Waals surface area contributed by atoms with Crippen LogP contribution in [0, 0.1) is 12.8 Å². The number of amides is 1. The van der Waals surface area contributed by atoms with Crippen LogP contribution in [0.5, 0.6) is 0 Å². The Labute approximate surface area is 95.8 Å². The first kappa shape index (κ1) is 11.2. The molecule has 16 heavy (non-hydrogen) atoms. The normalized spacial score (nSPS) is 15.1. The summed E-state index contributed by atoms with van der Waals surface area (Å²) < 4.78 is 0. The van der Waals surface area contributed by atoms with E-state index in [-0.39, 0.29) is 5.91 Å². The molecule has 1 aliphatic carbocycles. The van der Waals surface area contributed by atoms with Crippen LogP contribution in [0.15, 0.2) is 6.20 Å². The van der Waals surface area contributed by atoms with Gasteiger partial charge in [-0.2, -0.15) is 5.10 Å². The average molecular weight is 221 g/mol. The van der Waals surface area contributed by atoms with Crippen molar-refractivity contribution in [2.24, 2.45) is 5.92 Å². The van der Waals surface area contributed by atoms with Crippen LogP contribution < -0.4 is 5.32 Å². The summed E-state index contributed by atoms with van der Waals surface area (Å²) in [6.45, 7) is 2.80. The third-order valence-corrected chi connectivity index (χ3v) is 3.05. The van der Waals surface area contributed by atoms with E-state index >= 15 is 0 Å². The fourth-order valence-electron chi connectivity index (χ4n) is 1.79. The highest BCUT2D eigenvalue weighted by Gasteiger charge is 2.23. The molecule has 2 rings (SSSR count). The summed E-state index contributed by atoms with van der Waals surface area (Å²) in [6, 6.07) is 0. The van der Waals surface area contributed by atoms with Gasteiger partial charge in [0.1, 0.15) is 0 Å². The Bertz CT molecular complexity index is 355. The smallest absolute Gasteiger partial charge is 0.220 e. The van der Waals surface area contributed by atoms with Gasteiger partial charge >= 0.3 is 0 Å². The van der Waals surface area contributed by atoms with Crippen LogP contribution in [0.2, 0.25) is 0 Å². The molecule has 1 saturated carbocycles. The Morgan fingerprint density at radius 1 is 1.62 bits per heavy atom. The molecule has 4 heteroatoms. The number of H-pyrrole nitrogens is 1. The van der Waals surface area contributed by atoms with Gasteiger partial charge in [0, 0.05) is 18.7 Å². The van der Waals surface area contributed by atoms with E-state index in [1.54, 1.807) is 0 Å². The molecular formula is C12H19N3O. The van der Waals surface area contributed by atoms with E-state index in [1.807, 2.05) is 13.1 Å². The lowest BCUT2D eigenvalue weighted by Crippen LogP contribution is -2.24. The zero-order valence-corrected chi connectivity index (χ0v) is 9.75. The topological polar surface area (TPSA) is 57.8 Å². The standard InChI is InChI=1S/C12H19N3O/c1-9-11(8-14-15-9)3-2-6-13-12(16)7-10-4-5-10/h8,10H,2-7H2,1H3,(H,13,16)(H,14,15). The molecule has 0 spiro atoms. The fraction of sp³-hybridized carbons (Fsp3) is 0.667. The van der Waals surface area contributed by atoms with Crippen LogP contribution >= 0.6 is 0 Å². The van der Waals surface area contributed by atoms with E-state index < -0.39 is 0 Å². The summed E-state index contributed by atoms with van der Waals surface area (Å²) in [5.41, 5.74) is 2.38. The largest absolute Gasteiger partial charge is 0.356 e. The first-order valence-electron chi connectivity index (χ1n) is 6.01. The van der Waals surface area contributed by atoms with Gasteiger partial charge in [0.15, 0.2) is 0 Å². The lowest BCUT2D eigenvalue weighted by molar-refractivity contribution is -0.121. The minimum absolute atomic E-state index is 0.214. The summed E-state index contributed by atoms with van der Waals surface area (Å²) in [4.78, 5) is 11.4. The van der Waals surface area contributed by atoms with Crippen LogP contribution in [0.25, 0.3) is 0 Å². The molecule has 0 saturated heterocycles. The van der Waals surface area contributed by atoms with Crippen LogP contribution in [0.3, 0.4) is 0 Å². The number of nitrogens with one attached hydrogen (secondary N) is 2. The van der Waals surface area contributed by atoms with E-state index in [4.69, 9.17) is 0 Å². The zero-order valence-electron chi connectivity index (χ0n) is 9.75. The summed E-state index contributed by atoms with van der Waals surface area (Å²) in [6.07, 6.45) is 7.03. The number of rotatable bonds is 6. The predicted molar refractivity (Wildman–Crippen MR) is 62.0 cm³/mol. The molecule has 0 atom stereocenters. The Hall–Kier alpha value is -1.32. The van der Waals surface area contributed by atoms with Crippen molar-refractivity contribution in [3.63, 3.8) is 0 Å². The maximum absolute atomic E-state index is 11.4. The van der Waals surface area contributed by atoms with Gasteiger partial charge in [-0.15, -0.1) is 0 Å². The highest BCUT2D eigenvalue weighted by molar-refractivity contribution is 5.76. The molecular weight excluding hydrogens is 202 g/mol. The second kappa shape index (κ2) is 5.14. The van der Waals surface area contributed by atoms with Crippen molar-refractivity contribution in [1.29, 1.82) is 0 Å². The molecule has 88 valence electrons. The molecule has 1 heterocycles. The molecule has 1 amide bonds. The first-order chi connectivity index (χ1) is 7.75. The zero-order chi connectivity index (χ0) is 11.4. The molecule has 1 aliphatic rings. The monoisotopic (exact) mass is 221 g/mol. The molecule has 4 nitrogen and oxygen atoms in total. The van der Waals surface area contributed by atoms with Gasteiger partial charge in [-0.25, -0.2) is 0 Å². The summed E-state index contributed by atoms with van der Waals surface area (Å²) in [7, 11) is 0. The molecule has 1 aromatic heterocycles. The number of hydrogen-bond acceptors (Lipinski definition) is 2. The summed E-state index contributed by atoms with van der Waals surface area (Å²) >= 11 is 0. The van der Waals surface area contributed by atoms with Crippen molar-refractivity contribution in [1.82, 2.24) is 15.5 Å². The number of carbonyl (C=O) groups is 1. The quantitative estimate of drug-likeness (QED) is 0.716. The van der Waals surface area contributed by atoms with Gasteiger partial charge in [-0.1, -0.05) is 0 Å². The second-order valence-electron chi connectivity index (χ2n) is 4.62. The molecule has 0 bridgehead atoms. The Balaban J connectivity index is 1.57. The maximum atomic E-state index is 11.4. The minimum atomic E-state index is 0.214. The van der Waals surface area contributed by atoms with E-state index in [0.29, 0.717) is 5.92 Å². The predicted octanol–water partition coefficient (Wildman–Crippen LogP) is 1.57. The summed E-state index contributed by atoms with van der Waals surface area (Å²) in [5.74, 6) is 0.891. The third-order valence-electron chi connectivity index (χ3n) is 3.05. The number of hydrogen-bond donors (Lipinski definition) is 2. The molecule has 1 fully saturated rings. The molecule has 0 unspecified atom stereocenters. The van der Waals surface area contributed by atoms with Gasteiger partial charge in [0.25, 0.3) is 0 Å². The maximum Gasteiger partial charge on any atom is 0.220 e. The molecule has 0 aliphatic heterocycles. The lowest BCUT2D eigenvalue weighted by atomic mass is 10.1. The van der Waals surface area contributed by atoms with Gasteiger partial charge in [0.05, 0.1) is 6.20 Å². The van der Waals surface area contributed by atoms with Crippen molar-refractivity contribution >= 4 is 5.91 Å². The number of nitrogens with zero attached hydrogens (tertiary/aromatic N) is 1. The van der Waals surface area contributed by atoms with E-state index in [2.05, 4.69) is 15.5 Å². The Morgan fingerprint density at radius 3 is 3.06 bits per heavy atom. The van der Waals surface area contributed by atoms with Gasteiger partial charge in [-0.05, 0) is 44.1 Å². The number of aryl methyl sites for hydroxylation is 2. The molecule has 2 N–H and O–H groups in total. The first-order valence-corrected chi connectivity index (χ1v) is 6.01. The highest BCUT2D eigenvalue weighted by atomic mass is 16.1. The highest BCUT2D eigenvalue weighted by Crippen LogP contribution is 2.31. The van der Waals surface area contributed by atoms with Gasteiger partial charge in [0.2, 0.25) is 5.91 Å².